The maximum atomic E-state index is 5.52. The molecule has 0 fully saturated rings. The smallest absolute Gasteiger partial charge is 0.127 e. The molecule has 0 aromatic heterocycles. The van der Waals surface area contributed by atoms with E-state index >= 15 is 0 Å². The summed E-state index contributed by atoms with van der Waals surface area (Å²) in [6, 6.07) is 0. The van der Waals surface area contributed by atoms with Crippen LogP contribution in [0.4, 0.5) is 0 Å². The van der Waals surface area contributed by atoms with Crippen molar-refractivity contribution in [1.82, 2.24) is 5.32 Å². The number of fused-ring (bicyclic) bond motifs is 1. The lowest BCUT2D eigenvalue weighted by Crippen LogP contribution is -2.26. The number of aliphatic imine (C=N–C) groups is 1. The molecule has 0 bridgehead atoms. The van der Waals surface area contributed by atoms with E-state index in [9.17, 15) is 0 Å². The molecule has 15 heavy (non-hydrogen) atoms. The Labute approximate surface area is 91.1 Å². The van der Waals surface area contributed by atoms with Gasteiger partial charge in [0.2, 0.25) is 0 Å². The van der Waals surface area contributed by atoms with Crippen LogP contribution in [0.5, 0.6) is 0 Å². The van der Waals surface area contributed by atoms with Crippen molar-refractivity contribution in [3.05, 3.63) is 23.4 Å². The fourth-order valence-corrected chi connectivity index (χ4v) is 2.00. The quantitative estimate of drug-likeness (QED) is 0.737. The standard InChI is InChI=1S/C12H19N3/c13-8-2-7-11-6-1-4-10-5-3-9-14-12(10)15-11/h4,6H,1-3,5,7-9,13H2,(H,14,15). The van der Waals surface area contributed by atoms with Crippen LogP contribution in [0.2, 0.25) is 0 Å². The summed E-state index contributed by atoms with van der Waals surface area (Å²) in [5.74, 6) is 1.10. The van der Waals surface area contributed by atoms with Crippen molar-refractivity contribution >= 4 is 5.84 Å². The van der Waals surface area contributed by atoms with Crippen molar-refractivity contribution in [2.45, 2.75) is 32.1 Å². The number of nitrogens with one attached hydrogen (secondary N) is 1. The first-order valence-electron chi connectivity index (χ1n) is 5.80. The maximum Gasteiger partial charge on any atom is 0.127 e. The minimum Gasteiger partial charge on any atom is -0.344 e. The summed E-state index contributed by atoms with van der Waals surface area (Å²) in [6.45, 7) is 1.72. The second-order valence-corrected chi connectivity index (χ2v) is 4.05. The number of nitrogens with zero attached hydrogens (tertiary/aromatic N) is 1. The summed E-state index contributed by atoms with van der Waals surface area (Å²) in [7, 11) is 0. The summed E-state index contributed by atoms with van der Waals surface area (Å²) >= 11 is 0. The van der Waals surface area contributed by atoms with Crippen molar-refractivity contribution in [2.75, 3.05) is 13.1 Å². The van der Waals surface area contributed by atoms with Crippen molar-refractivity contribution in [1.29, 1.82) is 0 Å². The molecule has 0 unspecified atom stereocenters. The second kappa shape index (κ2) is 5.12. The molecule has 0 aromatic carbocycles. The molecular formula is C12H19N3. The van der Waals surface area contributed by atoms with Crippen LogP contribution < -0.4 is 11.1 Å². The van der Waals surface area contributed by atoms with Gasteiger partial charge in [-0.15, -0.1) is 0 Å². The largest absolute Gasteiger partial charge is 0.344 e. The molecule has 2 aliphatic rings. The highest BCUT2D eigenvalue weighted by Crippen LogP contribution is 2.18. The van der Waals surface area contributed by atoms with E-state index in [-0.39, 0.29) is 0 Å². The van der Waals surface area contributed by atoms with Gasteiger partial charge in [0.15, 0.2) is 0 Å². The average molecular weight is 205 g/mol. The van der Waals surface area contributed by atoms with E-state index in [1.165, 1.54) is 24.1 Å². The highest BCUT2D eigenvalue weighted by atomic mass is 15.0. The molecule has 0 saturated carbocycles. The third-order valence-corrected chi connectivity index (χ3v) is 2.84. The lowest BCUT2D eigenvalue weighted by molar-refractivity contribution is 0.771. The van der Waals surface area contributed by atoms with Crippen LogP contribution in [0.1, 0.15) is 32.1 Å². The first-order chi connectivity index (χ1) is 7.40. The van der Waals surface area contributed by atoms with Gasteiger partial charge in [0.05, 0.1) is 0 Å². The molecule has 2 aliphatic heterocycles. The Kier molecular flexibility index (Phi) is 3.56. The zero-order valence-electron chi connectivity index (χ0n) is 9.13. The van der Waals surface area contributed by atoms with Crippen LogP contribution in [-0.2, 0) is 0 Å². The molecule has 3 N–H and O–H groups in total. The lowest BCUT2D eigenvalue weighted by atomic mass is 10.1. The Morgan fingerprint density at radius 3 is 3.20 bits per heavy atom. The Balaban J connectivity index is 2.03. The third-order valence-electron chi connectivity index (χ3n) is 2.84. The zero-order valence-corrected chi connectivity index (χ0v) is 9.13. The van der Waals surface area contributed by atoms with Crippen LogP contribution in [0.15, 0.2) is 28.4 Å². The van der Waals surface area contributed by atoms with E-state index in [0.717, 1.165) is 38.2 Å². The summed E-state index contributed by atoms with van der Waals surface area (Å²) < 4.78 is 0. The van der Waals surface area contributed by atoms with E-state index in [2.05, 4.69) is 22.5 Å². The molecule has 0 atom stereocenters. The van der Waals surface area contributed by atoms with E-state index in [1.54, 1.807) is 0 Å². The third kappa shape index (κ3) is 2.69. The van der Waals surface area contributed by atoms with Crippen molar-refractivity contribution in [3.63, 3.8) is 0 Å². The predicted octanol–water partition coefficient (Wildman–Crippen LogP) is 1.72. The topological polar surface area (TPSA) is 50.4 Å². The van der Waals surface area contributed by atoms with Gasteiger partial charge in [-0.05, 0) is 44.2 Å². The SMILES string of the molecule is NCCCC1=CCC=C2CCCN=C2N1. The maximum absolute atomic E-state index is 5.52. The number of hydrogen-bond acceptors (Lipinski definition) is 3. The van der Waals surface area contributed by atoms with Crippen molar-refractivity contribution in [2.24, 2.45) is 10.7 Å². The van der Waals surface area contributed by atoms with Gasteiger partial charge >= 0.3 is 0 Å². The van der Waals surface area contributed by atoms with Crippen LogP contribution in [-0.4, -0.2) is 18.9 Å². The van der Waals surface area contributed by atoms with Gasteiger partial charge in [-0.2, -0.15) is 0 Å². The average Bonchev–Trinajstić information content (AvgIpc) is 2.47. The number of nitrogens with two attached hydrogens (primary N) is 1. The fourth-order valence-electron chi connectivity index (χ4n) is 2.00. The van der Waals surface area contributed by atoms with Crippen LogP contribution in [0.25, 0.3) is 0 Å². The Morgan fingerprint density at radius 2 is 2.33 bits per heavy atom. The zero-order chi connectivity index (χ0) is 10.5. The summed E-state index contributed by atoms with van der Waals surface area (Å²) in [6.07, 6.45) is 10.0. The minimum atomic E-state index is 0.756. The van der Waals surface area contributed by atoms with Crippen LogP contribution in [0, 0.1) is 0 Å². The molecule has 82 valence electrons. The number of hydrogen-bond donors (Lipinski definition) is 2. The van der Waals surface area contributed by atoms with Gasteiger partial charge in [0.1, 0.15) is 5.84 Å². The van der Waals surface area contributed by atoms with E-state index in [1.807, 2.05) is 0 Å². The predicted molar refractivity (Wildman–Crippen MR) is 63.7 cm³/mol. The molecule has 3 nitrogen and oxygen atoms in total. The van der Waals surface area contributed by atoms with E-state index in [4.69, 9.17) is 5.73 Å². The van der Waals surface area contributed by atoms with Gasteiger partial charge in [0, 0.05) is 12.2 Å². The minimum absolute atomic E-state index is 0.756. The van der Waals surface area contributed by atoms with Gasteiger partial charge in [-0.25, -0.2) is 0 Å². The molecule has 0 amide bonds. The number of amidine groups is 1. The Hall–Kier alpha value is -1.09. The highest BCUT2D eigenvalue weighted by Gasteiger charge is 2.14. The Bertz CT molecular complexity index is 313. The molecule has 3 heteroatoms. The highest BCUT2D eigenvalue weighted by molar-refractivity contribution is 6.00. The molecule has 0 aromatic rings. The van der Waals surface area contributed by atoms with Crippen LogP contribution >= 0.6 is 0 Å². The van der Waals surface area contributed by atoms with Crippen molar-refractivity contribution < 1.29 is 0 Å². The number of allylic oxidation sites excluding steroid dienone is 3. The van der Waals surface area contributed by atoms with Crippen molar-refractivity contribution in [3.8, 4) is 0 Å². The Morgan fingerprint density at radius 1 is 1.40 bits per heavy atom. The fraction of sp³-hybridized carbons (Fsp3) is 0.583. The molecule has 0 radical (unpaired) electrons. The summed E-state index contributed by atoms with van der Waals surface area (Å²) in [4.78, 5) is 4.53. The first-order valence-corrected chi connectivity index (χ1v) is 5.80. The van der Waals surface area contributed by atoms with Gasteiger partial charge in [-0.3, -0.25) is 4.99 Å². The molecule has 2 rings (SSSR count). The lowest BCUT2D eigenvalue weighted by Gasteiger charge is -2.17. The van der Waals surface area contributed by atoms with Gasteiger partial charge < -0.3 is 11.1 Å². The monoisotopic (exact) mass is 205 g/mol. The number of rotatable bonds is 3. The van der Waals surface area contributed by atoms with E-state index < -0.39 is 0 Å². The van der Waals surface area contributed by atoms with Gasteiger partial charge in [0.25, 0.3) is 0 Å². The first kappa shape index (κ1) is 10.4. The van der Waals surface area contributed by atoms with Gasteiger partial charge in [-0.1, -0.05) is 12.2 Å². The molecule has 0 aliphatic carbocycles. The van der Waals surface area contributed by atoms with Crippen LogP contribution in [0.3, 0.4) is 0 Å². The normalized spacial score (nSPS) is 20.5. The molecule has 2 heterocycles. The summed E-state index contributed by atoms with van der Waals surface area (Å²) in [5.41, 5.74) is 8.19. The molecule has 0 spiro atoms. The molecule has 0 saturated heterocycles. The molecular weight excluding hydrogens is 186 g/mol. The van der Waals surface area contributed by atoms with E-state index in [0.29, 0.717) is 0 Å². The summed E-state index contributed by atoms with van der Waals surface area (Å²) in [5, 5.41) is 3.44. The second-order valence-electron chi connectivity index (χ2n) is 4.05.